The Kier molecular flexibility index (Phi) is 4.56. The SMILES string of the molecule is COC(=O)c1cccc(OCc2ccccc2C(=O)O)c1. The van der Waals surface area contributed by atoms with Crippen molar-refractivity contribution in [3.8, 4) is 5.75 Å². The molecule has 0 fully saturated rings. The van der Waals surface area contributed by atoms with Crippen LogP contribution in [-0.2, 0) is 11.3 Å². The Labute approximate surface area is 121 Å². The highest BCUT2D eigenvalue weighted by Crippen LogP contribution is 2.17. The highest BCUT2D eigenvalue weighted by Gasteiger charge is 2.10. The van der Waals surface area contributed by atoms with Crippen molar-refractivity contribution < 1.29 is 24.2 Å². The molecule has 0 heterocycles. The Bertz CT molecular complexity index is 663. The molecule has 1 N–H and O–H groups in total. The number of carboxylic acid groups (broad SMARTS) is 1. The van der Waals surface area contributed by atoms with Crippen LogP contribution in [0.15, 0.2) is 48.5 Å². The Balaban J connectivity index is 2.14. The van der Waals surface area contributed by atoms with Crippen LogP contribution >= 0.6 is 0 Å². The lowest BCUT2D eigenvalue weighted by molar-refractivity contribution is 0.0599. The lowest BCUT2D eigenvalue weighted by Gasteiger charge is -2.09. The van der Waals surface area contributed by atoms with Gasteiger partial charge >= 0.3 is 11.9 Å². The quantitative estimate of drug-likeness (QED) is 0.856. The van der Waals surface area contributed by atoms with Crippen LogP contribution in [0.3, 0.4) is 0 Å². The van der Waals surface area contributed by atoms with E-state index in [2.05, 4.69) is 4.74 Å². The van der Waals surface area contributed by atoms with Gasteiger partial charge < -0.3 is 14.6 Å². The summed E-state index contributed by atoms with van der Waals surface area (Å²) in [5, 5.41) is 9.09. The number of esters is 1. The van der Waals surface area contributed by atoms with E-state index in [1.807, 2.05) is 0 Å². The van der Waals surface area contributed by atoms with Crippen molar-refractivity contribution in [2.24, 2.45) is 0 Å². The first-order chi connectivity index (χ1) is 10.1. The summed E-state index contributed by atoms with van der Waals surface area (Å²) in [4.78, 5) is 22.5. The molecular weight excluding hydrogens is 272 g/mol. The summed E-state index contributed by atoms with van der Waals surface area (Å²) < 4.78 is 10.2. The maximum atomic E-state index is 11.4. The van der Waals surface area contributed by atoms with E-state index in [0.717, 1.165) is 0 Å². The summed E-state index contributed by atoms with van der Waals surface area (Å²) >= 11 is 0. The third-order valence-electron chi connectivity index (χ3n) is 2.90. The van der Waals surface area contributed by atoms with E-state index in [1.54, 1.807) is 42.5 Å². The number of carboxylic acids is 1. The minimum Gasteiger partial charge on any atom is -0.489 e. The smallest absolute Gasteiger partial charge is 0.337 e. The molecule has 0 aliphatic heterocycles. The van der Waals surface area contributed by atoms with Gasteiger partial charge in [-0.1, -0.05) is 24.3 Å². The largest absolute Gasteiger partial charge is 0.489 e. The van der Waals surface area contributed by atoms with Gasteiger partial charge in [-0.15, -0.1) is 0 Å². The van der Waals surface area contributed by atoms with Gasteiger partial charge in [-0.3, -0.25) is 0 Å². The second-order valence-corrected chi connectivity index (χ2v) is 4.27. The predicted octanol–water partition coefficient (Wildman–Crippen LogP) is 2.75. The van der Waals surface area contributed by atoms with Gasteiger partial charge in [-0.25, -0.2) is 9.59 Å². The normalized spacial score (nSPS) is 9.95. The van der Waals surface area contributed by atoms with Crippen molar-refractivity contribution in [2.75, 3.05) is 7.11 Å². The number of ether oxygens (including phenoxy) is 2. The maximum absolute atomic E-state index is 11.4. The van der Waals surface area contributed by atoms with Crippen molar-refractivity contribution >= 4 is 11.9 Å². The minimum atomic E-state index is -1.00. The molecule has 0 aliphatic carbocycles. The number of rotatable bonds is 5. The molecule has 0 saturated carbocycles. The highest BCUT2D eigenvalue weighted by atomic mass is 16.5. The fraction of sp³-hybridized carbons (Fsp3) is 0.125. The van der Waals surface area contributed by atoms with Gasteiger partial charge in [0, 0.05) is 5.56 Å². The molecule has 108 valence electrons. The van der Waals surface area contributed by atoms with E-state index < -0.39 is 11.9 Å². The summed E-state index contributed by atoms with van der Waals surface area (Å²) in [6, 6.07) is 13.1. The molecule has 0 aliphatic rings. The van der Waals surface area contributed by atoms with E-state index >= 15 is 0 Å². The van der Waals surface area contributed by atoms with E-state index in [-0.39, 0.29) is 12.2 Å². The van der Waals surface area contributed by atoms with E-state index in [4.69, 9.17) is 9.84 Å². The summed E-state index contributed by atoms with van der Waals surface area (Å²) in [5.41, 5.74) is 1.14. The zero-order valence-corrected chi connectivity index (χ0v) is 11.4. The summed E-state index contributed by atoms with van der Waals surface area (Å²) in [5.74, 6) is -0.984. The number of methoxy groups -OCH3 is 1. The first-order valence-corrected chi connectivity index (χ1v) is 6.24. The molecule has 5 heteroatoms. The molecule has 0 radical (unpaired) electrons. The minimum absolute atomic E-state index is 0.104. The van der Waals surface area contributed by atoms with Crippen LogP contribution < -0.4 is 4.74 Å². The van der Waals surface area contributed by atoms with Crippen LogP contribution in [0, 0.1) is 0 Å². The first kappa shape index (κ1) is 14.6. The fourth-order valence-electron chi connectivity index (χ4n) is 1.85. The summed E-state index contributed by atoms with van der Waals surface area (Å²) in [6.07, 6.45) is 0. The summed E-state index contributed by atoms with van der Waals surface area (Å²) in [7, 11) is 1.30. The van der Waals surface area contributed by atoms with E-state index in [0.29, 0.717) is 16.9 Å². The number of carbonyl (C=O) groups is 2. The van der Waals surface area contributed by atoms with Gasteiger partial charge in [-0.05, 0) is 24.3 Å². The van der Waals surface area contributed by atoms with Crippen LogP contribution in [0.2, 0.25) is 0 Å². The van der Waals surface area contributed by atoms with Crippen molar-refractivity contribution in [3.05, 3.63) is 65.2 Å². The Hall–Kier alpha value is -2.82. The van der Waals surface area contributed by atoms with Crippen LogP contribution in [0.5, 0.6) is 5.75 Å². The van der Waals surface area contributed by atoms with Crippen LogP contribution in [0.4, 0.5) is 0 Å². The van der Waals surface area contributed by atoms with Gasteiger partial charge in [0.05, 0.1) is 18.2 Å². The molecule has 0 bridgehead atoms. The average Bonchev–Trinajstić information content (AvgIpc) is 2.52. The number of carbonyl (C=O) groups excluding carboxylic acids is 1. The van der Waals surface area contributed by atoms with Crippen molar-refractivity contribution in [3.63, 3.8) is 0 Å². The van der Waals surface area contributed by atoms with Crippen molar-refractivity contribution in [1.82, 2.24) is 0 Å². The zero-order valence-electron chi connectivity index (χ0n) is 11.4. The monoisotopic (exact) mass is 286 g/mol. The lowest BCUT2D eigenvalue weighted by atomic mass is 10.1. The standard InChI is InChI=1S/C16H14O5/c1-20-16(19)11-6-4-7-13(9-11)21-10-12-5-2-3-8-14(12)15(17)18/h2-9H,10H2,1H3,(H,17,18). The van der Waals surface area contributed by atoms with E-state index in [1.165, 1.54) is 13.2 Å². The number of aromatic carboxylic acids is 1. The molecule has 0 amide bonds. The zero-order chi connectivity index (χ0) is 15.2. The predicted molar refractivity (Wildman–Crippen MR) is 75.5 cm³/mol. The second kappa shape index (κ2) is 6.56. The molecule has 5 nitrogen and oxygen atoms in total. The van der Waals surface area contributed by atoms with Crippen LogP contribution in [0.25, 0.3) is 0 Å². The number of hydrogen-bond acceptors (Lipinski definition) is 4. The third kappa shape index (κ3) is 3.60. The number of benzene rings is 2. The molecule has 2 rings (SSSR count). The Morgan fingerprint density at radius 2 is 1.86 bits per heavy atom. The molecule has 0 unspecified atom stereocenters. The molecule has 0 saturated heterocycles. The first-order valence-electron chi connectivity index (χ1n) is 6.24. The molecule has 0 aromatic heterocycles. The van der Waals surface area contributed by atoms with Crippen molar-refractivity contribution in [2.45, 2.75) is 6.61 Å². The van der Waals surface area contributed by atoms with Crippen LogP contribution in [0.1, 0.15) is 26.3 Å². The van der Waals surface area contributed by atoms with Gasteiger partial charge in [0.2, 0.25) is 0 Å². The fourth-order valence-corrected chi connectivity index (χ4v) is 1.85. The van der Waals surface area contributed by atoms with Gasteiger partial charge in [0.1, 0.15) is 12.4 Å². The third-order valence-corrected chi connectivity index (χ3v) is 2.90. The van der Waals surface area contributed by atoms with Crippen LogP contribution in [-0.4, -0.2) is 24.2 Å². The van der Waals surface area contributed by atoms with Gasteiger partial charge in [0.25, 0.3) is 0 Å². The molecule has 0 atom stereocenters. The summed E-state index contributed by atoms with van der Waals surface area (Å²) in [6.45, 7) is 0.104. The van der Waals surface area contributed by atoms with E-state index in [9.17, 15) is 9.59 Å². The van der Waals surface area contributed by atoms with Crippen molar-refractivity contribution in [1.29, 1.82) is 0 Å². The number of hydrogen-bond donors (Lipinski definition) is 1. The molecule has 0 spiro atoms. The average molecular weight is 286 g/mol. The van der Waals surface area contributed by atoms with Gasteiger partial charge in [0.15, 0.2) is 0 Å². The highest BCUT2D eigenvalue weighted by molar-refractivity contribution is 5.90. The maximum Gasteiger partial charge on any atom is 0.337 e. The topological polar surface area (TPSA) is 72.8 Å². The molecule has 2 aromatic carbocycles. The molecule has 2 aromatic rings. The second-order valence-electron chi connectivity index (χ2n) is 4.27. The van der Waals surface area contributed by atoms with Gasteiger partial charge in [-0.2, -0.15) is 0 Å². The lowest BCUT2D eigenvalue weighted by Crippen LogP contribution is -2.06. The Morgan fingerprint density at radius 3 is 2.57 bits per heavy atom. The molecular formula is C16H14O5. The molecule has 21 heavy (non-hydrogen) atoms. The Morgan fingerprint density at radius 1 is 1.10 bits per heavy atom.